The summed E-state index contributed by atoms with van der Waals surface area (Å²) in [6.45, 7) is 1.98. The van der Waals surface area contributed by atoms with Crippen molar-refractivity contribution in [2.75, 3.05) is 5.32 Å². The van der Waals surface area contributed by atoms with Gasteiger partial charge in [-0.1, -0.05) is 12.8 Å². The molecule has 1 aliphatic carbocycles. The summed E-state index contributed by atoms with van der Waals surface area (Å²) in [6.07, 6.45) is 6.96. The summed E-state index contributed by atoms with van der Waals surface area (Å²) in [4.78, 5) is 4.57. The van der Waals surface area contributed by atoms with Crippen LogP contribution in [-0.4, -0.2) is 15.6 Å². The number of nitrogens with one attached hydrogen (secondary N) is 1. The third-order valence-corrected chi connectivity index (χ3v) is 4.55. The molecule has 3 rings (SSSR count). The molecule has 0 amide bonds. The lowest BCUT2D eigenvalue weighted by molar-refractivity contribution is 0.626. The Bertz CT molecular complexity index is 618. The van der Waals surface area contributed by atoms with E-state index in [1.54, 1.807) is 12.1 Å². The van der Waals surface area contributed by atoms with E-state index in [9.17, 15) is 4.39 Å². The maximum atomic E-state index is 13.3. The molecular formula is C15H17FIN3. The number of rotatable bonds is 3. The number of aryl methyl sites for hydroxylation is 1. The van der Waals surface area contributed by atoms with Gasteiger partial charge in [-0.25, -0.2) is 9.37 Å². The minimum absolute atomic E-state index is 0.208. The van der Waals surface area contributed by atoms with Gasteiger partial charge >= 0.3 is 0 Å². The lowest BCUT2D eigenvalue weighted by Crippen LogP contribution is -2.18. The molecule has 0 atom stereocenters. The average Bonchev–Trinajstić information content (AvgIpc) is 3.00. The van der Waals surface area contributed by atoms with Crippen molar-refractivity contribution >= 4 is 28.5 Å². The van der Waals surface area contributed by atoms with Crippen LogP contribution < -0.4 is 5.32 Å². The summed E-state index contributed by atoms with van der Waals surface area (Å²) < 4.78 is 16.2. The molecule has 0 unspecified atom stereocenters. The summed E-state index contributed by atoms with van der Waals surface area (Å²) in [7, 11) is 0. The second-order valence-electron chi connectivity index (χ2n) is 5.30. The molecule has 1 fully saturated rings. The number of benzene rings is 1. The third-order valence-electron chi connectivity index (χ3n) is 3.68. The first-order valence-electron chi connectivity index (χ1n) is 6.91. The highest BCUT2D eigenvalue weighted by Crippen LogP contribution is 2.26. The van der Waals surface area contributed by atoms with E-state index in [1.165, 1.54) is 31.7 Å². The lowest BCUT2D eigenvalue weighted by atomic mass is 10.2. The van der Waals surface area contributed by atoms with Crippen molar-refractivity contribution in [3.05, 3.63) is 39.5 Å². The maximum Gasteiger partial charge on any atom is 0.207 e. The van der Waals surface area contributed by atoms with Crippen LogP contribution in [0.15, 0.2) is 24.4 Å². The minimum atomic E-state index is -0.208. The molecule has 0 spiro atoms. The summed E-state index contributed by atoms with van der Waals surface area (Å²) in [5.74, 6) is 0.652. The predicted molar refractivity (Wildman–Crippen MR) is 86.9 cm³/mol. The molecule has 0 saturated heterocycles. The topological polar surface area (TPSA) is 29.9 Å². The van der Waals surface area contributed by atoms with E-state index in [1.807, 2.05) is 17.7 Å². The van der Waals surface area contributed by atoms with E-state index < -0.39 is 0 Å². The zero-order valence-corrected chi connectivity index (χ0v) is 13.5. The maximum absolute atomic E-state index is 13.3. The van der Waals surface area contributed by atoms with E-state index in [0.717, 1.165) is 20.9 Å². The molecule has 20 heavy (non-hydrogen) atoms. The van der Waals surface area contributed by atoms with Crippen LogP contribution in [0.25, 0.3) is 5.69 Å². The van der Waals surface area contributed by atoms with Gasteiger partial charge in [0.2, 0.25) is 5.95 Å². The predicted octanol–water partition coefficient (Wildman–Crippen LogP) is 4.28. The molecule has 1 aromatic carbocycles. The average molecular weight is 385 g/mol. The zero-order chi connectivity index (χ0) is 14.1. The zero-order valence-electron chi connectivity index (χ0n) is 11.4. The van der Waals surface area contributed by atoms with Crippen LogP contribution in [0.4, 0.5) is 10.3 Å². The van der Waals surface area contributed by atoms with Crippen LogP contribution in [-0.2, 0) is 0 Å². The molecule has 0 radical (unpaired) electrons. The Morgan fingerprint density at radius 1 is 1.35 bits per heavy atom. The van der Waals surface area contributed by atoms with E-state index in [2.05, 4.69) is 32.9 Å². The Labute approximate surface area is 131 Å². The van der Waals surface area contributed by atoms with Crippen molar-refractivity contribution in [1.82, 2.24) is 9.55 Å². The molecule has 3 nitrogen and oxygen atoms in total. The van der Waals surface area contributed by atoms with Gasteiger partial charge < -0.3 is 5.32 Å². The number of aromatic nitrogens is 2. The molecule has 2 aromatic rings. The molecule has 1 heterocycles. The van der Waals surface area contributed by atoms with Gasteiger partial charge in [-0.05, 0) is 60.6 Å². The Morgan fingerprint density at radius 2 is 2.10 bits per heavy atom. The molecule has 106 valence electrons. The van der Waals surface area contributed by atoms with Gasteiger partial charge in [0.1, 0.15) is 5.82 Å². The van der Waals surface area contributed by atoms with Crippen LogP contribution in [0, 0.1) is 16.3 Å². The molecule has 0 aliphatic heterocycles. The van der Waals surface area contributed by atoms with E-state index >= 15 is 0 Å². The summed E-state index contributed by atoms with van der Waals surface area (Å²) in [6, 6.07) is 5.35. The first-order chi connectivity index (χ1) is 9.63. The molecule has 0 bridgehead atoms. The first kappa shape index (κ1) is 13.9. The SMILES string of the molecule is Cc1cn(-c2ccc(F)cc2I)c(NC2CCCC2)n1. The quantitative estimate of drug-likeness (QED) is 0.800. The highest BCUT2D eigenvalue weighted by atomic mass is 127. The molecule has 1 aromatic heterocycles. The van der Waals surface area contributed by atoms with Gasteiger partial charge in [0.25, 0.3) is 0 Å². The minimum Gasteiger partial charge on any atom is -0.353 e. The second kappa shape index (κ2) is 5.71. The number of imidazole rings is 1. The third kappa shape index (κ3) is 2.82. The van der Waals surface area contributed by atoms with Crippen LogP contribution >= 0.6 is 22.6 Å². The molecule has 1 aliphatic rings. The number of nitrogens with zero attached hydrogens (tertiary/aromatic N) is 2. The number of anilines is 1. The van der Waals surface area contributed by atoms with Crippen LogP contribution in [0.3, 0.4) is 0 Å². The summed E-state index contributed by atoms with van der Waals surface area (Å²) in [5, 5.41) is 3.53. The van der Waals surface area contributed by atoms with Crippen molar-refractivity contribution in [1.29, 1.82) is 0 Å². The van der Waals surface area contributed by atoms with Gasteiger partial charge in [0.05, 0.1) is 11.4 Å². The van der Waals surface area contributed by atoms with Gasteiger partial charge in [0.15, 0.2) is 0 Å². The van der Waals surface area contributed by atoms with Gasteiger partial charge in [0, 0.05) is 15.8 Å². The number of halogens is 2. The van der Waals surface area contributed by atoms with Crippen LogP contribution in [0.2, 0.25) is 0 Å². The summed E-state index contributed by atoms with van der Waals surface area (Å²) in [5.41, 5.74) is 1.93. The number of hydrogen-bond donors (Lipinski definition) is 1. The van der Waals surface area contributed by atoms with E-state index in [4.69, 9.17) is 0 Å². The highest BCUT2D eigenvalue weighted by molar-refractivity contribution is 14.1. The Balaban J connectivity index is 1.95. The van der Waals surface area contributed by atoms with Crippen molar-refractivity contribution in [2.24, 2.45) is 0 Å². The monoisotopic (exact) mass is 385 g/mol. The first-order valence-corrected chi connectivity index (χ1v) is 7.99. The van der Waals surface area contributed by atoms with E-state index in [0.29, 0.717) is 6.04 Å². The smallest absolute Gasteiger partial charge is 0.207 e. The largest absolute Gasteiger partial charge is 0.353 e. The van der Waals surface area contributed by atoms with Gasteiger partial charge in [-0.2, -0.15) is 0 Å². The van der Waals surface area contributed by atoms with Crippen molar-refractivity contribution in [2.45, 2.75) is 38.6 Å². The van der Waals surface area contributed by atoms with Crippen molar-refractivity contribution in [3.8, 4) is 5.69 Å². The standard InChI is InChI=1S/C15H17FIN3/c1-10-9-20(14-7-6-11(16)8-13(14)17)15(18-10)19-12-4-2-3-5-12/h6-9,12H,2-5H2,1H3,(H,18,19). The lowest BCUT2D eigenvalue weighted by Gasteiger charge is -2.15. The highest BCUT2D eigenvalue weighted by Gasteiger charge is 2.18. The Kier molecular flexibility index (Phi) is 3.96. The fourth-order valence-electron chi connectivity index (χ4n) is 2.71. The molecule has 5 heteroatoms. The fraction of sp³-hybridized carbons (Fsp3) is 0.400. The van der Waals surface area contributed by atoms with Gasteiger partial charge in [-0.3, -0.25) is 4.57 Å². The Hall–Kier alpha value is -1.11. The molecular weight excluding hydrogens is 368 g/mol. The normalized spacial score (nSPS) is 15.8. The molecule has 1 N–H and O–H groups in total. The second-order valence-corrected chi connectivity index (χ2v) is 6.46. The van der Waals surface area contributed by atoms with Crippen LogP contribution in [0.1, 0.15) is 31.4 Å². The van der Waals surface area contributed by atoms with Crippen LogP contribution in [0.5, 0.6) is 0 Å². The van der Waals surface area contributed by atoms with Crippen molar-refractivity contribution < 1.29 is 4.39 Å². The summed E-state index contributed by atoms with van der Waals surface area (Å²) >= 11 is 2.16. The molecule has 1 saturated carbocycles. The van der Waals surface area contributed by atoms with Gasteiger partial charge in [-0.15, -0.1) is 0 Å². The van der Waals surface area contributed by atoms with Crippen molar-refractivity contribution in [3.63, 3.8) is 0 Å². The van der Waals surface area contributed by atoms with E-state index in [-0.39, 0.29) is 5.82 Å². The number of hydrogen-bond acceptors (Lipinski definition) is 2. The Morgan fingerprint density at radius 3 is 2.80 bits per heavy atom. The fourth-order valence-corrected chi connectivity index (χ4v) is 3.45.